The summed E-state index contributed by atoms with van der Waals surface area (Å²) in [4.78, 5) is 11.4. The predicted octanol–water partition coefficient (Wildman–Crippen LogP) is 5.21. The molecular weight excluding hydrogens is 282 g/mol. The number of carbonyl (C=O) groups is 1. The minimum absolute atomic E-state index is 0.106. The van der Waals surface area contributed by atoms with Gasteiger partial charge in [-0.05, 0) is 42.4 Å². The minimum Gasteiger partial charge on any atom is -0.326 e. The van der Waals surface area contributed by atoms with Gasteiger partial charge in [-0.2, -0.15) is 0 Å². The van der Waals surface area contributed by atoms with Crippen LogP contribution in [0.4, 0.5) is 5.69 Å². The Hall–Kier alpha value is -1.02. The van der Waals surface area contributed by atoms with Gasteiger partial charge in [0.1, 0.15) is 0 Å². The van der Waals surface area contributed by atoms with E-state index in [2.05, 4.69) is 17.4 Å². The number of rotatable bonds is 4. The molecule has 0 bridgehead atoms. The number of benzene rings is 1. The van der Waals surface area contributed by atoms with E-state index >= 15 is 0 Å². The first-order valence-corrected chi connectivity index (χ1v) is 8.73. The summed E-state index contributed by atoms with van der Waals surface area (Å²) in [5, 5.41) is 3.03. The molecule has 3 rings (SSSR count). The standard InChI is InChI=1S/C18H24ClNO/c19-16(9-6-13-4-2-1-3-5-13)14-7-10-17-15(12-14)8-11-18(21)20-17/h7,10,12-13,16H,1-6,8-9,11H2,(H,20,21). The molecule has 1 aliphatic heterocycles. The average Bonchev–Trinajstić information content (AvgIpc) is 2.53. The Morgan fingerprint density at radius 1 is 1.19 bits per heavy atom. The van der Waals surface area contributed by atoms with Crippen molar-refractivity contribution in [2.24, 2.45) is 5.92 Å². The first kappa shape index (κ1) is 14.9. The second-order valence-electron chi connectivity index (χ2n) is 6.51. The summed E-state index contributed by atoms with van der Waals surface area (Å²) < 4.78 is 0. The molecule has 21 heavy (non-hydrogen) atoms. The van der Waals surface area contributed by atoms with E-state index in [0.29, 0.717) is 6.42 Å². The van der Waals surface area contributed by atoms with Crippen LogP contribution in [-0.4, -0.2) is 5.91 Å². The van der Waals surface area contributed by atoms with Crippen molar-refractivity contribution >= 4 is 23.2 Å². The highest BCUT2D eigenvalue weighted by molar-refractivity contribution is 6.20. The van der Waals surface area contributed by atoms with Crippen LogP contribution in [0, 0.1) is 5.92 Å². The number of fused-ring (bicyclic) bond motifs is 1. The first-order chi connectivity index (χ1) is 10.2. The molecule has 1 aromatic rings. The predicted molar refractivity (Wildman–Crippen MR) is 87.8 cm³/mol. The molecule has 1 amide bonds. The number of anilines is 1. The van der Waals surface area contributed by atoms with E-state index in [0.717, 1.165) is 24.4 Å². The molecule has 1 aliphatic carbocycles. The summed E-state index contributed by atoms with van der Waals surface area (Å²) in [5.74, 6) is 1.01. The SMILES string of the molecule is O=C1CCc2cc(C(Cl)CCC3CCCCC3)ccc2N1. The monoisotopic (exact) mass is 305 g/mol. The molecule has 1 unspecified atom stereocenters. The fraction of sp³-hybridized carbons (Fsp3) is 0.611. The maximum absolute atomic E-state index is 11.4. The lowest BCUT2D eigenvalue weighted by Crippen LogP contribution is -2.19. The number of nitrogens with one attached hydrogen (secondary N) is 1. The van der Waals surface area contributed by atoms with E-state index in [4.69, 9.17) is 11.6 Å². The van der Waals surface area contributed by atoms with Crippen molar-refractivity contribution < 1.29 is 4.79 Å². The van der Waals surface area contributed by atoms with Gasteiger partial charge in [0.2, 0.25) is 5.91 Å². The zero-order valence-electron chi connectivity index (χ0n) is 12.5. The van der Waals surface area contributed by atoms with Crippen LogP contribution in [0.25, 0.3) is 0 Å². The van der Waals surface area contributed by atoms with Crippen LogP contribution in [0.15, 0.2) is 18.2 Å². The molecule has 1 atom stereocenters. The molecule has 114 valence electrons. The third-order valence-electron chi connectivity index (χ3n) is 4.94. The Bertz CT molecular complexity index is 508. The zero-order chi connectivity index (χ0) is 14.7. The summed E-state index contributed by atoms with van der Waals surface area (Å²) in [6.45, 7) is 0. The van der Waals surface area contributed by atoms with Crippen molar-refractivity contribution in [1.82, 2.24) is 0 Å². The molecule has 1 N–H and O–H groups in total. The van der Waals surface area contributed by atoms with Crippen LogP contribution in [0.5, 0.6) is 0 Å². The minimum atomic E-state index is 0.106. The normalized spacial score (nSPS) is 20.7. The van der Waals surface area contributed by atoms with Gasteiger partial charge in [0, 0.05) is 12.1 Å². The topological polar surface area (TPSA) is 29.1 Å². The van der Waals surface area contributed by atoms with Gasteiger partial charge in [-0.15, -0.1) is 11.6 Å². The third kappa shape index (κ3) is 3.79. The largest absolute Gasteiger partial charge is 0.326 e. The van der Waals surface area contributed by atoms with Gasteiger partial charge in [0.15, 0.2) is 0 Å². The lowest BCUT2D eigenvalue weighted by atomic mass is 9.85. The lowest BCUT2D eigenvalue weighted by Gasteiger charge is -2.23. The number of hydrogen-bond acceptors (Lipinski definition) is 1. The van der Waals surface area contributed by atoms with Gasteiger partial charge in [0.25, 0.3) is 0 Å². The zero-order valence-corrected chi connectivity index (χ0v) is 13.3. The van der Waals surface area contributed by atoms with Crippen LogP contribution in [0.1, 0.15) is 67.9 Å². The fourth-order valence-electron chi connectivity index (χ4n) is 3.62. The van der Waals surface area contributed by atoms with Gasteiger partial charge in [-0.3, -0.25) is 4.79 Å². The maximum Gasteiger partial charge on any atom is 0.224 e. The van der Waals surface area contributed by atoms with Crippen LogP contribution in [0.2, 0.25) is 0 Å². The second-order valence-corrected chi connectivity index (χ2v) is 7.04. The maximum atomic E-state index is 11.4. The van der Waals surface area contributed by atoms with Gasteiger partial charge in [-0.25, -0.2) is 0 Å². The number of alkyl halides is 1. The van der Waals surface area contributed by atoms with E-state index in [1.54, 1.807) is 0 Å². The fourth-order valence-corrected chi connectivity index (χ4v) is 3.88. The van der Waals surface area contributed by atoms with Crippen molar-refractivity contribution in [2.75, 3.05) is 5.32 Å². The third-order valence-corrected chi connectivity index (χ3v) is 5.41. The summed E-state index contributed by atoms with van der Waals surface area (Å²) in [7, 11) is 0. The molecule has 3 heteroatoms. The van der Waals surface area contributed by atoms with Crippen molar-refractivity contribution in [2.45, 2.75) is 63.2 Å². The van der Waals surface area contributed by atoms with Crippen LogP contribution >= 0.6 is 11.6 Å². The van der Waals surface area contributed by atoms with E-state index < -0.39 is 0 Å². The van der Waals surface area contributed by atoms with Crippen molar-refractivity contribution in [3.05, 3.63) is 29.3 Å². The highest BCUT2D eigenvalue weighted by atomic mass is 35.5. The quantitative estimate of drug-likeness (QED) is 0.760. The Morgan fingerprint density at radius 3 is 2.81 bits per heavy atom. The van der Waals surface area contributed by atoms with Gasteiger partial charge >= 0.3 is 0 Å². The molecule has 2 aliphatic rings. The molecule has 1 aromatic carbocycles. The van der Waals surface area contributed by atoms with Crippen molar-refractivity contribution in [1.29, 1.82) is 0 Å². The Balaban J connectivity index is 1.59. The van der Waals surface area contributed by atoms with Gasteiger partial charge in [-0.1, -0.05) is 44.2 Å². The molecule has 0 radical (unpaired) electrons. The van der Waals surface area contributed by atoms with E-state index in [1.807, 2.05) is 6.07 Å². The molecule has 1 heterocycles. The summed E-state index contributed by atoms with van der Waals surface area (Å²) in [6.07, 6.45) is 10.7. The Kier molecular flexibility index (Phi) is 4.84. The smallest absolute Gasteiger partial charge is 0.224 e. The molecular formula is C18H24ClNO. The van der Waals surface area contributed by atoms with Crippen molar-refractivity contribution in [3.8, 4) is 0 Å². The lowest BCUT2D eigenvalue weighted by molar-refractivity contribution is -0.116. The highest BCUT2D eigenvalue weighted by Gasteiger charge is 2.19. The summed E-state index contributed by atoms with van der Waals surface area (Å²) >= 11 is 6.61. The Morgan fingerprint density at radius 2 is 2.00 bits per heavy atom. The number of carbonyl (C=O) groups excluding carboxylic acids is 1. The van der Waals surface area contributed by atoms with Crippen LogP contribution in [-0.2, 0) is 11.2 Å². The summed E-state index contributed by atoms with van der Waals surface area (Å²) in [6, 6.07) is 6.27. The molecule has 0 spiro atoms. The molecule has 0 aromatic heterocycles. The van der Waals surface area contributed by atoms with Crippen molar-refractivity contribution in [3.63, 3.8) is 0 Å². The number of hydrogen-bond donors (Lipinski definition) is 1. The highest BCUT2D eigenvalue weighted by Crippen LogP contribution is 2.35. The number of amides is 1. The van der Waals surface area contributed by atoms with Gasteiger partial charge < -0.3 is 5.32 Å². The summed E-state index contributed by atoms with van der Waals surface area (Å²) in [5.41, 5.74) is 3.41. The van der Waals surface area contributed by atoms with Gasteiger partial charge in [0.05, 0.1) is 5.38 Å². The Labute approximate surface area is 132 Å². The molecule has 1 saturated carbocycles. The van der Waals surface area contributed by atoms with E-state index in [-0.39, 0.29) is 11.3 Å². The average molecular weight is 306 g/mol. The molecule has 2 nitrogen and oxygen atoms in total. The molecule has 1 fully saturated rings. The van der Waals surface area contributed by atoms with E-state index in [9.17, 15) is 4.79 Å². The molecule has 0 saturated heterocycles. The number of halogens is 1. The van der Waals surface area contributed by atoms with E-state index in [1.165, 1.54) is 49.7 Å². The number of aryl methyl sites for hydroxylation is 1. The van der Waals surface area contributed by atoms with Crippen LogP contribution < -0.4 is 5.32 Å². The first-order valence-electron chi connectivity index (χ1n) is 8.29. The second kappa shape index (κ2) is 6.83. The van der Waals surface area contributed by atoms with Crippen LogP contribution in [0.3, 0.4) is 0 Å².